The standard InChI is InChI=1S/C15H15NO/c1-4-13-12(9-17)15(10(2)3)11-7-5-6-8-14(11)16-13/h4-10H,1H2,2-3H3. The van der Waals surface area contributed by atoms with Gasteiger partial charge in [-0.2, -0.15) is 0 Å². The zero-order valence-corrected chi connectivity index (χ0v) is 10.1. The SMILES string of the molecule is C=Cc1nc2ccccc2c(C(C)C)c1C=O. The van der Waals surface area contributed by atoms with Gasteiger partial charge < -0.3 is 0 Å². The van der Waals surface area contributed by atoms with E-state index in [0.717, 1.165) is 22.8 Å². The van der Waals surface area contributed by atoms with Gasteiger partial charge in [-0.15, -0.1) is 0 Å². The zero-order valence-electron chi connectivity index (χ0n) is 10.1. The quantitative estimate of drug-likeness (QED) is 0.743. The van der Waals surface area contributed by atoms with Crippen molar-refractivity contribution < 1.29 is 4.79 Å². The molecule has 2 nitrogen and oxygen atoms in total. The Hall–Kier alpha value is -1.96. The number of fused-ring (bicyclic) bond motifs is 1. The molecule has 1 heterocycles. The summed E-state index contributed by atoms with van der Waals surface area (Å²) >= 11 is 0. The minimum absolute atomic E-state index is 0.279. The van der Waals surface area contributed by atoms with Crippen molar-refractivity contribution in [1.82, 2.24) is 4.98 Å². The Labute approximate surface area is 101 Å². The van der Waals surface area contributed by atoms with E-state index >= 15 is 0 Å². The summed E-state index contributed by atoms with van der Waals surface area (Å²) < 4.78 is 0. The summed E-state index contributed by atoms with van der Waals surface area (Å²) in [6.45, 7) is 7.90. The molecule has 0 bridgehead atoms. The van der Waals surface area contributed by atoms with Crippen molar-refractivity contribution >= 4 is 23.3 Å². The second kappa shape index (κ2) is 4.50. The fourth-order valence-corrected chi connectivity index (χ4v) is 2.17. The minimum atomic E-state index is 0.279. The second-order valence-corrected chi connectivity index (χ2v) is 4.32. The number of hydrogen-bond donors (Lipinski definition) is 0. The highest BCUT2D eigenvalue weighted by atomic mass is 16.1. The molecule has 0 spiro atoms. The number of aromatic nitrogens is 1. The van der Waals surface area contributed by atoms with E-state index in [9.17, 15) is 4.79 Å². The highest BCUT2D eigenvalue weighted by Crippen LogP contribution is 2.29. The number of hydrogen-bond acceptors (Lipinski definition) is 2. The summed E-state index contributed by atoms with van der Waals surface area (Å²) in [5.74, 6) is 0.279. The van der Waals surface area contributed by atoms with Crippen LogP contribution in [-0.4, -0.2) is 11.3 Å². The first-order valence-electron chi connectivity index (χ1n) is 5.69. The fourth-order valence-electron chi connectivity index (χ4n) is 2.17. The van der Waals surface area contributed by atoms with E-state index in [0.29, 0.717) is 11.3 Å². The molecule has 0 unspecified atom stereocenters. The maximum absolute atomic E-state index is 11.3. The van der Waals surface area contributed by atoms with Crippen LogP contribution >= 0.6 is 0 Å². The fraction of sp³-hybridized carbons (Fsp3) is 0.200. The lowest BCUT2D eigenvalue weighted by atomic mass is 9.92. The highest BCUT2D eigenvalue weighted by Gasteiger charge is 2.14. The predicted molar refractivity (Wildman–Crippen MR) is 71.3 cm³/mol. The molecule has 17 heavy (non-hydrogen) atoms. The molecule has 0 radical (unpaired) electrons. The molecule has 0 fully saturated rings. The maximum atomic E-state index is 11.3. The van der Waals surface area contributed by atoms with Crippen molar-refractivity contribution in [2.24, 2.45) is 0 Å². The van der Waals surface area contributed by atoms with Gasteiger partial charge in [-0.05, 0) is 23.6 Å². The van der Waals surface area contributed by atoms with Crippen LogP contribution in [0.15, 0.2) is 30.8 Å². The highest BCUT2D eigenvalue weighted by molar-refractivity contribution is 5.94. The Kier molecular flexibility index (Phi) is 3.05. The molecule has 0 aliphatic rings. The summed E-state index contributed by atoms with van der Waals surface area (Å²) in [5, 5.41) is 1.05. The molecule has 0 atom stereocenters. The van der Waals surface area contributed by atoms with Crippen molar-refractivity contribution in [1.29, 1.82) is 0 Å². The number of carbonyl (C=O) groups is 1. The van der Waals surface area contributed by atoms with Crippen molar-refractivity contribution in [3.63, 3.8) is 0 Å². The molecule has 0 amide bonds. The number of pyridine rings is 1. The summed E-state index contributed by atoms with van der Waals surface area (Å²) in [6, 6.07) is 7.89. The van der Waals surface area contributed by atoms with E-state index in [4.69, 9.17) is 0 Å². The lowest BCUT2D eigenvalue weighted by Crippen LogP contribution is -2.02. The average Bonchev–Trinajstić information content (AvgIpc) is 2.35. The molecular formula is C15H15NO. The third kappa shape index (κ3) is 1.86. The zero-order chi connectivity index (χ0) is 12.4. The molecule has 1 aromatic carbocycles. The summed E-state index contributed by atoms with van der Waals surface area (Å²) in [7, 11) is 0. The van der Waals surface area contributed by atoms with Crippen LogP contribution in [0.1, 0.15) is 41.4 Å². The lowest BCUT2D eigenvalue weighted by Gasteiger charge is -2.14. The number of carbonyl (C=O) groups excluding carboxylic acids is 1. The smallest absolute Gasteiger partial charge is 0.152 e. The van der Waals surface area contributed by atoms with E-state index in [2.05, 4.69) is 25.4 Å². The van der Waals surface area contributed by atoms with Crippen LogP contribution in [0.4, 0.5) is 0 Å². The van der Waals surface area contributed by atoms with E-state index < -0.39 is 0 Å². The Bertz CT molecular complexity index is 585. The van der Waals surface area contributed by atoms with E-state index in [1.54, 1.807) is 6.08 Å². The topological polar surface area (TPSA) is 30.0 Å². The van der Waals surface area contributed by atoms with Crippen LogP contribution in [0.2, 0.25) is 0 Å². The monoisotopic (exact) mass is 225 g/mol. The van der Waals surface area contributed by atoms with Gasteiger partial charge in [-0.1, -0.05) is 38.6 Å². The predicted octanol–water partition coefficient (Wildman–Crippen LogP) is 3.81. The van der Waals surface area contributed by atoms with Gasteiger partial charge in [-0.3, -0.25) is 4.79 Å². The van der Waals surface area contributed by atoms with E-state index in [1.807, 2.05) is 24.3 Å². The molecule has 2 heteroatoms. The third-order valence-electron chi connectivity index (χ3n) is 2.89. The van der Waals surface area contributed by atoms with E-state index in [-0.39, 0.29) is 5.92 Å². The molecule has 2 aromatic rings. The van der Waals surface area contributed by atoms with Crippen LogP contribution in [0, 0.1) is 0 Å². The summed E-state index contributed by atoms with van der Waals surface area (Å²) in [5.41, 5.74) is 3.30. The first kappa shape index (κ1) is 11.5. The van der Waals surface area contributed by atoms with E-state index in [1.165, 1.54) is 0 Å². The molecule has 1 aromatic heterocycles. The number of rotatable bonds is 3. The number of para-hydroxylation sites is 1. The maximum Gasteiger partial charge on any atom is 0.152 e. The number of aldehydes is 1. The normalized spacial score (nSPS) is 10.8. The average molecular weight is 225 g/mol. The van der Waals surface area contributed by atoms with Crippen LogP contribution in [-0.2, 0) is 0 Å². The molecule has 0 saturated carbocycles. The Morgan fingerprint density at radius 3 is 2.59 bits per heavy atom. The molecule has 86 valence electrons. The Morgan fingerprint density at radius 2 is 2.00 bits per heavy atom. The molecule has 0 N–H and O–H groups in total. The Morgan fingerprint density at radius 1 is 1.29 bits per heavy atom. The van der Waals surface area contributed by atoms with Gasteiger partial charge >= 0.3 is 0 Å². The summed E-state index contributed by atoms with van der Waals surface area (Å²) in [4.78, 5) is 15.7. The number of benzene rings is 1. The van der Waals surface area contributed by atoms with Gasteiger partial charge in [0.1, 0.15) is 0 Å². The van der Waals surface area contributed by atoms with Gasteiger partial charge in [0.15, 0.2) is 6.29 Å². The molecule has 2 rings (SSSR count). The molecular weight excluding hydrogens is 210 g/mol. The first-order chi connectivity index (χ1) is 8.19. The van der Waals surface area contributed by atoms with Gasteiger partial charge in [-0.25, -0.2) is 4.98 Å². The van der Waals surface area contributed by atoms with Crippen LogP contribution in [0.25, 0.3) is 17.0 Å². The first-order valence-corrected chi connectivity index (χ1v) is 5.69. The van der Waals surface area contributed by atoms with Crippen LogP contribution < -0.4 is 0 Å². The van der Waals surface area contributed by atoms with Crippen LogP contribution in [0.3, 0.4) is 0 Å². The van der Waals surface area contributed by atoms with Gasteiger partial charge in [0.05, 0.1) is 11.2 Å². The summed E-state index contributed by atoms with van der Waals surface area (Å²) in [6.07, 6.45) is 2.52. The van der Waals surface area contributed by atoms with Crippen molar-refractivity contribution in [2.75, 3.05) is 0 Å². The van der Waals surface area contributed by atoms with Gasteiger partial charge in [0.25, 0.3) is 0 Å². The number of nitrogens with zero attached hydrogens (tertiary/aromatic N) is 1. The van der Waals surface area contributed by atoms with Gasteiger partial charge in [0.2, 0.25) is 0 Å². The van der Waals surface area contributed by atoms with Crippen molar-refractivity contribution in [3.05, 3.63) is 47.7 Å². The second-order valence-electron chi connectivity index (χ2n) is 4.32. The van der Waals surface area contributed by atoms with Crippen LogP contribution in [0.5, 0.6) is 0 Å². The van der Waals surface area contributed by atoms with Gasteiger partial charge in [0, 0.05) is 10.9 Å². The van der Waals surface area contributed by atoms with Crippen molar-refractivity contribution in [2.45, 2.75) is 19.8 Å². The largest absolute Gasteiger partial charge is 0.298 e. The molecule has 0 aliphatic carbocycles. The lowest BCUT2D eigenvalue weighted by molar-refractivity contribution is 0.112. The van der Waals surface area contributed by atoms with Crippen molar-refractivity contribution in [3.8, 4) is 0 Å². The third-order valence-corrected chi connectivity index (χ3v) is 2.89. The Balaban J connectivity index is 2.95. The minimum Gasteiger partial charge on any atom is -0.298 e. The molecule has 0 saturated heterocycles. The molecule has 0 aliphatic heterocycles.